The normalized spacial score (nSPS) is 17.1. The van der Waals surface area contributed by atoms with Crippen molar-refractivity contribution in [1.29, 1.82) is 0 Å². The highest BCUT2D eigenvalue weighted by molar-refractivity contribution is 7.91. The number of carboxylic acids is 1. The molecule has 128 valence electrons. The highest BCUT2D eigenvalue weighted by atomic mass is 32.2. The van der Waals surface area contributed by atoms with Gasteiger partial charge in [-0.05, 0) is 29.7 Å². The highest BCUT2D eigenvalue weighted by Crippen LogP contribution is 2.31. The lowest BCUT2D eigenvalue weighted by atomic mass is 10.2. The summed E-state index contributed by atoms with van der Waals surface area (Å²) in [6.07, 6.45) is 1.56. The van der Waals surface area contributed by atoms with Crippen molar-refractivity contribution in [2.75, 3.05) is 26.3 Å². The van der Waals surface area contributed by atoms with E-state index in [-0.39, 0.29) is 9.78 Å². The molecule has 1 fully saturated rings. The molecule has 0 saturated carbocycles. The Morgan fingerprint density at radius 1 is 1.25 bits per heavy atom. The van der Waals surface area contributed by atoms with E-state index >= 15 is 0 Å². The van der Waals surface area contributed by atoms with Crippen LogP contribution in [0.2, 0.25) is 0 Å². The summed E-state index contributed by atoms with van der Waals surface area (Å²) in [4.78, 5) is 12.8. The number of hydrogen-bond donors (Lipinski definition) is 1. The zero-order valence-electron chi connectivity index (χ0n) is 12.5. The molecule has 0 radical (unpaired) electrons. The molecule has 0 amide bonds. The molecule has 3 heterocycles. The van der Waals surface area contributed by atoms with Crippen LogP contribution in [0.1, 0.15) is 9.75 Å². The summed E-state index contributed by atoms with van der Waals surface area (Å²) < 4.78 is 31.9. The monoisotopic (exact) mass is 385 g/mol. The first-order valence-corrected chi connectivity index (χ1v) is 10.3. The summed E-state index contributed by atoms with van der Waals surface area (Å²) in [7, 11) is -3.61. The van der Waals surface area contributed by atoms with Gasteiger partial charge >= 0.3 is 5.97 Å². The maximum atomic E-state index is 12.6. The average Bonchev–Trinajstić information content (AvgIpc) is 3.25. The Hall–Kier alpha value is -1.52. The van der Waals surface area contributed by atoms with E-state index in [1.54, 1.807) is 12.1 Å². The number of thiophene rings is 2. The summed E-state index contributed by atoms with van der Waals surface area (Å²) in [5.74, 6) is -1.08. The van der Waals surface area contributed by atoms with Crippen molar-refractivity contribution >= 4 is 50.3 Å². The van der Waals surface area contributed by atoms with Crippen molar-refractivity contribution in [2.45, 2.75) is 4.21 Å². The summed E-state index contributed by atoms with van der Waals surface area (Å²) in [6, 6.07) is 6.66. The van der Waals surface area contributed by atoms with Gasteiger partial charge in [0.1, 0.15) is 4.21 Å². The summed E-state index contributed by atoms with van der Waals surface area (Å²) >= 11 is 2.40. The second kappa shape index (κ2) is 7.16. The number of hydrogen-bond acceptors (Lipinski definition) is 6. The Bertz CT molecular complexity index is 846. The minimum Gasteiger partial charge on any atom is -0.478 e. The zero-order chi connectivity index (χ0) is 17.2. The molecule has 0 aliphatic carbocycles. The van der Waals surface area contributed by atoms with Crippen molar-refractivity contribution in [1.82, 2.24) is 4.31 Å². The summed E-state index contributed by atoms with van der Waals surface area (Å²) in [5.41, 5.74) is 0.0888. The van der Waals surface area contributed by atoms with Gasteiger partial charge in [0.2, 0.25) is 0 Å². The van der Waals surface area contributed by atoms with Crippen LogP contribution in [0.4, 0.5) is 0 Å². The molecule has 1 saturated heterocycles. The molecule has 3 rings (SSSR count). The number of nitrogens with zero attached hydrogens (tertiary/aromatic N) is 1. The Labute approximate surface area is 147 Å². The number of morpholine rings is 1. The molecule has 0 bridgehead atoms. The Morgan fingerprint density at radius 3 is 2.62 bits per heavy atom. The number of ether oxygens (including phenoxy) is 1. The molecule has 0 spiro atoms. The molecule has 6 nitrogen and oxygen atoms in total. The average molecular weight is 385 g/mol. The smallest absolute Gasteiger partial charge is 0.337 e. The summed E-state index contributed by atoms with van der Waals surface area (Å²) in [5, 5.41) is 11.3. The third kappa shape index (κ3) is 3.60. The van der Waals surface area contributed by atoms with Gasteiger partial charge < -0.3 is 9.84 Å². The van der Waals surface area contributed by atoms with Crippen molar-refractivity contribution < 1.29 is 23.1 Å². The van der Waals surface area contributed by atoms with Gasteiger partial charge in [0, 0.05) is 22.8 Å². The van der Waals surface area contributed by atoms with Gasteiger partial charge in [0.05, 0.1) is 18.8 Å². The van der Waals surface area contributed by atoms with Gasteiger partial charge in [-0.3, -0.25) is 0 Å². The molecule has 1 N–H and O–H groups in total. The number of aliphatic carboxylic acids is 1. The van der Waals surface area contributed by atoms with Gasteiger partial charge in [0.15, 0.2) is 0 Å². The minimum absolute atomic E-state index is 0.0888. The predicted molar refractivity (Wildman–Crippen MR) is 93.7 cm³/mol. The Morgan fingerprint density at radius 2 is 2.00 bits per heavy atom. The number of sulfonamides is 1. The number of carboxylic acid groups (broad SMARTS) is 1. The SMILES string of the molecule is O=C(O)C(=Cc1cccs1)c1ccc(S(=O)(=O)N2CCOCC2)s1. The fraction of sp³-hybridized carbons (Fsp3) is 0.267. The topological polar surface area (TPSA) is 83.9 Å². The van der Waals surface area contributed by atoms with Crippen LogP contribution in [0.5, 0.6) is 0 Å². The quantitative estimate of drug-likeness (QED) is 0.800. The van der Waals surface area contributed by atoms with E-state index in [1.165, 1.54) is 21.7 Å². The van der Waals surface area contributed by atoms with Crippen molar-refractivity contribution in [3.05, 3.63) is 39.4 Å². The molecule has 24 heavy (non-hydrogen) atoms. The van der Waals surface area contributed by atoms with E-state index in [4.69, 9.17) is 4.74 Å². The van der Waals surface area contributed by atoms with E-state index in [2.05, 4.69) is 0 Å². The van der Waals surface area contributed by atoms with Crippen LogP contribution in [0.15, 0.2) is 33.9 Å². The molecule has 2 aromatic rings. The second-order valence-electron chi connectivity index (χ2n) is 5.01. The molecule has 0 atom stereocenters. The molecular weight excluding hydrogens is 370 g/mol. The van der Waals surface area contributed by atoms with Crippen LogP contribution < -0.4 is 0 Å². The largest absolute Gasteiger partial charge is 0.478 e. The van der Waals surface area contributed by atoms with E-state index < -0.39 is 16.0 Å². The van der Waals surface area contributed by atoms with Crippen LogP contribution in [0.3, 0.4) is 0 Å². The number of rotatable bonds is 5. The van der Waals surface area contributed by atoms with Crippen LogP contribution in [0.25, 0.3) is 11.6 Å². The number of carbonyl (C=O) groups is 1. The molecular formula is C15H15NO5S3. The minimum atomic E-state index is -3.61. The predicted octanol–water partition coefficient (Wildman–Crippen LogP) is 2.46. The van der Waals surface area contributed by atoms with E-state index in [0.717, 1.165) is 16.2 Å². The van der Waals surface area contributed by atoms with Crippen molar-refractivity contribution in [2.24, 2.45) is 0 Å². The van der Waals surface area contributed by atoms with E-state index in [9.17, 15) is 18.3 Å². The first-order valence-electron chi connectivity index (χ1n) is 7.15. The second-order valence-corrected chi connectivity index (χ2v) is 9.24. The van der Waals surface area contributed by atoms with Gasteiger partial charge in [-0.15, -0.1) is 22.7 Å². The third-order valence-corrected chi connectivity index (χ3v) is 7.78. The highest BCUT2D eigenvalue weighted by Gasteiger charge is 2.28. The van der Waals surface area contributed by atoms with Crippen molar-refractivity contribution in [3.8, 4) is 0 Å². The van der Waals surface area contributed by atoms with Crippen LogP contribution in [0, 0.1) is 0 Å². The summed E-state index contributed by atoms with van der Waals surface area (Å²) in [6.45, 7) is 1.37. The van der Waals surface area contributed by atoms with Gasteiger partial charge in [-0.1, -0.05) is 6.07 Å². The Kier molecular flexibility index (Phi) is 5.16. The van der Waals surface area contributed by atoms with Crippen LogP contribution in [-0.2, 0) is 19.6 Å². The lowest BCUT2D eigenvalue weighted by Gasteiger charge is -2.25. The lowest BCUT2D eigenvalue weighted by molar-refractivity contribution is -0.130. The van der Waals surface area contributed by atoms with Crippen LogP contribution >= 0.6 is 22.7 Å². The molecule has 9 heteroatoms. The van der Waals surface area contributed by atoms with Gasteiger partial charge in [-0.2, -0.15) is 4.31 Å². The fourth-order valence-electron chi connectivity index (χ4n) is 2.27. The van der Waals surface area contributed by atoms with Gasteiger partial charge in [-0.25, -0.2) is 13.2 Å². The van der Waals surface area contributed by atoms with E-state index in [1.807, 2.05) is 17.5 Å². The third-order valence-electron chi connectivity index (χ3n) is 3.47. The van der Waals surface area contributed by atoms with Gasteiger partial charge in [0.25, 0.3) is 10.0 Å². The fourth-order valence-corrected chi connectivity index (χ4v) is 5.81. The maximum Gasteiger partial charge on any atom is 0.337 e. The molecule has 1 aliphatic rings. The molecule has 1 aliphatic heterocycles. The first kappa shape index (κ1) is 17.3. The molecule has 2 aromatic heterocycles. The molecule has 0 unspecified atom stereocenters. The first-order chi connectivity index (χ1) is 11.5. The van der Waals surface area contributed by atoms with Crippen molar-refractivity contribution in [3.63, 3.8) is 0 Å². The maximum absolute atomic E-state index is 12.6. The molecule has 0 aromatic carbocycles. The lowest BCUT2D eigenvalue weighted by Crippen LogP contribution is -2.40. The standard InChI is InChI=1S/C15H15NO5S3/c17-15(18)12(10-11-2-1-9-22-11)13-3-4-14(23-13)24(19,20)16-5-7-21-8-6-16/h1-4,9-10H,5-8H2,(H,17,18). The zero-order valence-corrected chi connectivity index (χ0v) is 15.0. The van der Waals surface area contributed by atoms with E-state index in [0.29, 0.717) is 31.2 Å². The Balaban J connectivity index is 1.92. The van der Waals surface area contributed by atoms with Crippen LogP contribution in [-0.4, -0.2) is 50.1 Å².